The molecule has 0 bridgehead atoms. The molecule has 0 atom stereocenters. The van der Waals surface area contributed by atoms with E-state index in [9.17, 15) is 9.59 Å². The molecular weight excluding hydrogens is 522 g/mol. The van der Waals surface area contributed by atoms with Gasteiger partial charge in [0.15, 0.2) is 5.78 Å². The van der Waals surface area contributed by atoms with Crippen LogP contribution in [0.25, 0.3) is 0 Å². The van der Waals surface area contributed by atoms with Crippen LogP contribution in [0.15, 0.2) is 42.0 Å². The first-order chi connectivity index (χ1) is 19.3. The molecule has 5 rings (SSSR count). The van der Waals surface area contributed by atoms with Crippen molar-refractivity contribution in [2.24, 2.45) is 0 Å². The highest BCUT2D eigenvalue weighted by atomic mass is 32.1. The van der Waals surface area contributed by atoms with Crippen LogP contribution in [0.2, 0.25) is 0 Å². The Kier molecular flexibility index (Phi) is 8.40. The van der Waals surface area contributed by atoms with E-state index in [-0.39, 0.29) is 23.3 Å². The SMILES string of the molecule is CCc1sccc1C(C)(C)CCC(=O)c1cc(N2CCC(N3CCc4cc(OC)ccc4NC3=O)CC2)ncn1. The van der Waals surface area contributed by atoms with E-state index in [1.165, 1.54) is 16.8 Å². The Labute approximate surface area is 240 Å². The smallest absolute Gasteiger partial charge is 0.322 e. The van der Waals surface area contributed by atoms with Crippen molar-refractivity contribution in [3.63, 3.8) is 0 Å². The third-order valence-corrected chi connectivity index (χ3v) is 9.44. The van der Waals surface area contributed by atoms with Crippen molar-refractivity contribution in [3.05, 3.63) is 63.7 Å². The zero-order chi connectivity index (χ0) is 28.3. The Morgan fingerprint density at radius 1 is 1.15 bits per heavy atom. The van der Waals surface area contributed by atoms with Crippen molar-refractivity contribution in [1.82, 2.24) is 14.9 Å². The summed E-state index contributed by atoms with van der Waals surface area (Å²) in [7, 11) is 1.66. The van der Waals surface area contributed by atoms with Crippen LogP contribution >= 0.6 is 11.3 Å². The molecular formula is C31H39N5O3S. The molecule has 0 radical (unpaired) electrons. The summed E-state index contributed by atoms with van der Waals surface area (Å²) in [4.78, 5) is 40.6. The van der Waals surface area contributed by atoms with E-state index >= 15 is 0 Å². The Morgan fingerprint density at radius 2 is 1.95 bits per heavy atom. The number of piperidine rings is 1. The lowest BCUT2D eigenvalue weighted by molar-refractivity contribution is 0.0967. The van der Waals surface area contributed by atoms with Gasteiger partial charge in [-0.15, -0.1) is 11.3 Å². The largest absolute Gasteiger partial charge is 0.497 e. The number of anilines is 2. The van der Waals surface area contributed by atoms with Crippen LogP contribution < -0.4 is 15.0 Å². The number of thiophene rings is 1. The van der Waals surface area contributed by atoms with Crippen LogP contribution in [-0.4, -0.2) is 59.5 Å². The van der Waals surface area contributed by atoms with E-state index in [0.29, 0.717) is 18.7 Å². The lowest BCUT2D eigenvalue weighted by Crippen LogP contribution is -2.49. The number of ether oxygens (including phenoxy) is 1. The highest BCUT2D eigenvalue weighted by Crippen LogP contribution is 2.35. The second-order valence-corrected chi connectivity index (χ2v) is 12.3. The van der Waals surface area contributed by atoms with Gasteiger partial charge in [-0.05, 0) is 78.3 Å². The number of nitrogens with zero attached hydrogens (tertiary/aromatic N) is 4. The van der Waals surface area contributed by atoms with Gasteiger partial charge in [0.2, 0.25) is 0 Å². The van der Waals surface area contributed by atoms with Gasteiger partial charge in [-0.25, -0.2) is 14.8 Å². The molecule has 40 heavy (non-hydrogen) atoms. The maximum absolute atomic E-state index is 13.1. The van der Waals surface area contributed by atoms with E-state index in [1.54, 1.807) is 18.4 Å². The molecule has 1 N–H and O–H groups in total. The summed E-state index contributed by atoms with van der Waals surface area (Å²) in [5.74, 6) is 1.63. The fraction of sp³-hybridized carbons (Fsp3) is 0.484. The molecule has 3 aromatic rings. The molecule has 1 aromatic carbocycles. The molecule has 1 saturated heterocycles. The number of urea groups is 1. The lowest BCUT2D eigenvalue weighted by atomic mass is 9.79. The van der Waals surface area contributed by atoms with Gasteiger partial charge in [-0.1, -0.05) is 20.8 Å². The van der Waals surface area contributed by atoms with Crippen molar-refractivity contribution < 1.29 is 14.3 Å². The average molecular weight is 562 g/mol. The number of carbonyl (C=O) groups excluding carboxylic acids is 2. The Hall–Kier alpha value is -3.46. The van der Waals surface area contributed by atoms with Crippen molar-refractivity contribution in [1.29, 1.82) is 0 Å². The zero-order valence-corrected chi connectivity index (χ0v) is 24.7. The van der Waals surface area contributed by atoms with E-state index in [1.807, 2.05) is 29.2 Å². The fourth-order valence-electron chi connectivity index (χ4n) is 5.89. The Morgan fingerprint density at radius 3 is 2.70 bits per heavy atom. The van der Waals surface area contributed by atoms with Gasteiger partial charge in [0, 0.05) is 48.7 Å². The number of hydrogen-bond donors (Lipinski definition) is 1. The topological polar surface area (TPSA) is 87.7 Å². The predicted molar refractivity (Wildman–Crippen MR) is 160 cm³/mol. The molecule has 0 saturated carbocycles. The minimum Gasteiger partial charge on any atom is -0.497 e. The second kappa shape index (κ2) is 12.0. The first-order valence-electron chi connectivity index (χ1n) is 14.2. The van der Waals surface area contributed by atoms with Gasteiger partial charge in [0.25, 0.3) is 0 Å². The van der Waals surface area contributed by atoms with Crippen molar-refractivity contribution in [2.45, 2.75) is 70.8 Å². The van der Waals surface area contributed by atoms with E-state index in [2.05, 4.69) is 52.4 Å². The second-order valence-electron chi connectivity index (χ2n) is 11.3. The van der Waals surface area contributed by atoms with Crippen LogP contribution in [0.3, 0.4) is 0 Å². The number of methoxy groups -OCH3 is 1. The van der Waals surface area contributed by atoms with Crippen molar-refractivity contribution in [2.75, 3.05) is 37.0 Å². The summed E-state index contributed by atoms with van der Waals surface area (Å²) < 4.78 is 5.36. The van der Waals surface area contributed by atoms with E-state index < -0.39 is 0 Å². The molecule has 2 aliphatic rings. The molecule has 2 aromatic heterocycles. The maximum Gasteiger partial charge on any atom is 0.322 e. The van der Waals surface area contributed by atoms with Gasteiger partial charge in [0.1, 0.15) is 23.6 Å². The third-order valence-electron chi connectivity index (χ3n) is 8.38. The van der Waals surface area contributed by atoms with Crippen molar-refractivity contribution in [3.8, 4) is 5.75 Å². The normalized spacial score (nSPS) is 16.4. The van der Waals surface area contributed by atoms with Crippen LogP contribution in [0, 0.1) is 0 Å². The summed E-state index contributed by atoms with van der Waals surface area (Å²) in [6, 6.07) is 9.93. The van der Waals surface area contributed by atoms with Crippen LogP contribution in [0.4, 0.5) is 16.3 Å². The predicted octanol–water partition coefficient (Wildman–Crippen LogP) is 6.11. The number of fused-ring (bicyclic) bond motifs is 1. The number of amides is 2. The minimum absolute atomic E-state index is 0.0475. The molecule has 0 aliphatic carbocycles. The molecule has 0 unspecified atom stereocenters. The molecule has 1 fully saturated rings. The summed E-state index contributed by atoms with van der Waals surface area (Å²) in [5.41, 5.74) is 3.71. The summed E-state index contributed by atoms with van der Waals surface area (Å²) in [5, 5.41) is 5.23. The molecule has 0 spiro atoms. The Bertz CT molecular complexity index is 1360. The van der Waals surface area contributed by atoms with Crippen LogP contribution in [-0.2, 0) is 18.3 Å². The van der Waals surface area contributed by atoms with Gasteiger partial charge in [-0.3, -0.25) is 4.79 Å². The fourth-order valence-corrected chi connectivity index (χ4v) is 6.90. The monoisotopic (exact) mass is 561 g/mol. The number of hydrogen-bond acceptors (Lipinski definition) is 7. The number of Topliss-reactive ketones (excluding diaryl/α,β-unsaturated/α-hetero) is 1. The Balaban J connectivity index is 1.18. The van der Waals surface area contributed by atoms with Gasteiger partial charge >= 0.3 is 6.03 Å². The van der Waals surface area contributed by atoms with Gasteiger partial charge < -0.3 is 19.9 Å². The number of ketones is 1. The number of rotatable bonds is 9. The van der Waals surface area contributed by atoms with E-state index in [0.717, 1.165) is 68.0 Å². The quantitative estimate of drug-likeness (QED) is 0.317. The zero-order valence-electron chi connectivity index (χ0n) is 23.9. The van der Waals surface area contributed by atoms with Crippen molar-refractivity contribution >= 4 is 34.7 Å². The summed E-state index contributed by atoms with van der Waals surface area (Å²) in [6.45, 7) is 8.83. The first kappa shape index (κ1) is 28.1. The number of aryl methyl sites for hydroxylation is 1. The van der Waals surface area contributed by atoms with Crippen LogP contribution in [0.5, 0.6) is 5.75 Å². The third kappa shape index (κ3) is 5.99. The number of aromatic nitrogens is 2. The average Bonchev–Trinajstić information content (AvgIpc) is 3.41. The number of nitrogens with one attached hydrogen (secondary N) is 1. The first-order valence-corrected chi connectivity index (χ1v) is 15.1. The lowest BCUT2D eigenvalue weighted by Gasteiger charge is -2.38. The summed E-state index contributed by atoms with van der Waals surface area (Å²) in [6.07, 6.45) is 6.21. The number of benzene rings is 1. The molecule has 9 heteroatoms. The number of carbonyl (C=O) groups is 2. The standard InChI is InChI=1S/C31H39N5O3S/c1-5-28-24(12-17-40-28)31(2,3)13-8-27(37)26-19-29(33-20-32-26)35-14-10-22(11-15-35)36-16-9-21-18-23(39-4)6-7-25(21)34-30(36)38/h6-7,12,17-20,22H,5,8-11,13-16H2,1-4H3,(H,34,38). The maximum atomic E-state index is 13.1. The van der Waals surface area contributed by atoms with E-state index in [4.69, 9.17) is 4.74 Å². The van der Waals surface area contributed by atoms with Crippen LogP contribution in [0.1, 0.15) is 72.9 Å². The molecule has 4 heterocycles. The highest BCUT2D eigenvalue weighted by Gasteiger charge is 2.31. The highest BCUT2D eigenvalue weighted by molar-refractivity contribution is 7.10. The van der Waals surface area contributed by atoms with Gasteiger partial charge in [-0.2, -0.15) is 0 Å². The summed E-state index contributed by atoms with van der Waals surface area (Å²) >= 11 is 1.79. The molecule has 2 aliphatic heterocycles. The molecule has 8 nitrogen and oxygen atoms in total. The van der Waals surface area contributed by atoms with Gasteiger partial charge in [0.05, 0.1) is 7.11 Å². The molecule has 2 amide bonds. The minimum atomic E-state index is -0.0637. The molecule has 212 valence electrons.